The molecular weight excluding hydrogens is 319 g/mol. The summed E-state index contributed by atoms with van der Waals surface area (Å²) in [4.78, 5) is 3.17. The zero-order valence-corrected chi connectivity index (χ0v) is 14.9. The van der Waals surface area contributed by atoms with Gasteiger partial charge in [0.1, 0.15) is 0 Å². The summed E-state index contributed by atoms with van der Waals surface area (Å²) >= 11 is -1.61. The van der Waals surface area contributed by atoms with Gasteiger partial charge < -0.3 is 0 Å². The summed E-state index contributed by atoms with van der Waals surface area (Å²) in [7, 11) is 0. The fraction of sp³-hybridized carbons (Fsp3) is 0.625. The van der Waals surface area contributed by atoms with Gasteiger partial charge in [-0.25, -0.2) is 0 Å². The van der Waals surface area contributed by atoms with E-state index in [4.69, 9.17) is 0 Å². The van der Waals surface area contributed by atoms with Crippen LogP contribution in [0.2, 0.25) is 9.95 Å². The first-order valence-corrected chi connectivity index (χ1v) is 12.8. The Kier molecular flexibility index (Phi) is 7.81. The molecule has 0 heterocycles. The van der Waals surface area contributed by atoms with Gasteiger partial charge in [-0.15, -0.1) is 0 Å². The van der Waals surface area contributed by atoms with E-state index in [9.17, 15) is 13.2 Å². The van der Waals surface area contributed by atoms with Crippen molar-refractivity contribution in [3.63, 3.8) is 0 Å². The molecular formula is C16H24F3Ga. The monoisotopic (exact) mass is 342 g/mol. The Labute approximate surface area is 125 Å². The number of alkyl halides is 3. The summed E-state index contributed by atoms with van der Waals surface area (Å²) in [5.41, 5.74) is 0.126. The molecule has 0 bridgehead atoms. The van der Waals surface area contributed by atoms with Crippen molar-refractivity contribution in [3.8, 4) is 0 Å². The van der Waals surface area contributed by atoms with Gasteiger partial charge in [-0.05, 0) is 0 Å². The molecule has 0 aromatic heterocycles. The number of benzene rings is 1. The zero-order chi connectivity index (χ0) is 15.0. The molecule has 0 spiro atoms. The van der Waals surface area contributed by atoms with Gasteiger partial charge >= 0.3 is 125 Å². The van der Waals surface area contributed by atoms with E-state index in [1.54, 1.807) is 12.1 Å². The van der Waals surface area contributed by atoms with Crippen LogP contribution in [0.3, 0.4) is 0 Å². The van der Waals surface area contributed by atoms with E-state index in [1.165, 1.54) is 34.9 Å². The number of hydrogen-bond donors (Lipinski definition) is 0. The summed E-state index contributed by atoms with van der Waals surface area (Å²) in [6.07, 6.45) is 0.452. The maximum absolute atomic E-state index is 13.0. The van der Waals surface area contributed by atoms with Crippen molar-refractivity contribution in [2.45, 2.75) is 60.6 Å². The maximum atomic E-state index is 13.0. The summed E-state index contributed by atoms with van der Waals surface area (Å²) in [5.74, 6) is 0. The Morgan fingerprint density at radius 2 is 1.50 bits per heavy atom. The Bertz CT molecular complexity index is 380. The minimum absolute atomic E-state index is 0.413. The first-order valence-electron chi connectivity index (χ1n) is 7.64. The third-order valence-electron chi connectivity index (χ3n) is 3.76. The average molecular weight is 343 g/mol. The van der Waals surface area contributed by atoms with Crippen molar-refractivity contribution in [1.82, 2.24) is 0 Å². The van der Waals surface area contributed by atoms with Gasteiger partial charge in [0.2, 0.25) is 0 Å². The zero-order valence-electron chi connectivity index (χ0n) is 12.5. The van der Waals surface area contributed by atoms with Crippen LogP contribution >= 0.6 is 0 Å². The molecule has 0 atom stereocenters. The molecule has 0 saturated heterocycles. The van der Waals surface area contributed by atoms with E-state index < -0.39 is 28.0 Å². The first kappa shape index (κ1) is 17.7. The van der Waals surface area contributed by atoms with Gasteiger partial charge in [-0.1, -0.05) is 0 Å². The molecule has 0 aliphatic carbocycles. The fourth-order valence-electron chi connectivity index (χ4n) is 2.62. The molecule has 1 aromatic rings. The Morgan fingerprint density at radius 3 is 2.00 bits per heavy atom. The van der Waals surface area contributed by atoms with Crippen LogP contribution in [0.25, 0.3) is 0 Å². The molecule has 0 amide bonds. The molecule has 112 valence electrons. The van der Waals surface area contributed by atoms with Crippen LogP contribution < -0.4 is 0 Å². The molecule has 0 N–H and O–H groups in total. The van der Waals surface area contributed by atoms with E-state index >= 15 is 0 Å². The van der Waals surface area contributed by atoms with Crippen LogP contribution in [0.1, 0.15) is 50.7 Å². The molecule has 0 radical (unpaired) electrons. The van der Waals surface area contributed by atoms with Crippen molar-refractivity contribution in [1.29, 1.82) is 0 Å². The molecule has 0 aliphatic rings. The fourth-order valence-corrected chi connectivity index (χ4v) is 10.3. The van der Waals surface area contributed by atoms with Gasteiger partial charge in [-0.2, -0.15) is 0 Å². The third-order valence-corrected chi connectivity index (χ3v) is 11.0. The van der Waals surface area contributed by atoms with E-state index in [0.717, 1.165) is 17.8 Å². The summed E-state index contributed by atoms with van der Waals surface area (Å²) in [6.45, 7) is 4.31. The van der Waals surface area contributed by atoms with Crippen molar-refractivity contribution in [2.24, 2.45) is 0 Å². The number of unbranched alkanes of at least 4 members (excludes halogenated alkanes) is 2. The molecule has 0 nitrogen and oxygen atoms in total. The van der Waals surface area contributed by atoms with Gasteiger partial charge in [0.15, 0.2) is 0 Å². The van der Waals surface area contributed by atoms with Gasteiger partial charge in [-0.3, -0.25) is 0 Å². The molecule has 0 aliphatic heterocycles. The van der Waals surface area contributed by atoms with Gasteiger partial charge in [0, 0.05) is 0 Å². The predicted molar refractivity (Wildman–Crippen MR) is 80.3 cm³/mol. The number of hydrogen-bond acceptors (Lipinski definition) is 0. The van der Waals surface area contributed by atoms with Crippen LogP contribution in [-0.2, 0) is 11.2 Å². The van der Waals surface area contributed by atoms with Gasteiger partial charge in [0.25, 0.3) is 0 Å². The van der Waals surface area contributed by atoms with Crippen molar-refractivity contribution >= 4 is 16.2 Å². The average Bonchev–Trinajstić information content (AvgIpc) is 2.41. The van der Waals surface area contributed by atoms with E-state index in [-0.39, 0.29) is 0 Å². The van der Waals surface area contributed by atoms with Crippen LogP contribution in [0.4, 0.5) is 13.2 Å². The second-order valence-electron chi connectivity index (χ2n) is 5.51. The molecule has 1 rings (SSSR count). The van der Waals surface area contributed by atoms with E-state index in [2.05, 4.69) is 13.8 Å². The third kappa shape index (κ3) is 5.96. The topological polar surface area (TPSA) is 0 Å². The van der Waals surface area contributed by atoms with Crippen LogP contribution in [0.5, 0.6) is 0 Å². The number of halogens is 3. The second-order valence-corrected chi connectivity index (χ2v) is 12.4. The predicted octanol–water partition coefficient (Wildman–Crippen LogP) is 5.88. The van der Waals surface area contributed by atoms with Crippen LogP contribution in [0, 0.1) is 0 Å². The van der Waals surface area contributed by atoms with E-state index in [1.807, 2.05) is 0 Å². The molecule has 20 heavy (non-hydrogen) atoms. The molecule has 0 saturated carbocycles. The summed E-state index contributed by atoms with van der Waals surface area (Å²) in [5, 5.41) is 0. The summed E-state index contributed by atoms with van der Waals surface area (Å²) < 4.78 is 39.1. The summed E-state index contributed by atoms with van der Waals surface area (Å²) in [6, 6.07) is 6.14. The van der Waals surface area contributed by atoms with Crippen LogP contribution in [0.15, 0.2) is 24.3 Å². The minimum atomic E-state index is -4.21. The van der Waals surface area contributed by atoms with Crippen molar-refractivity contribution in [2.75, 3.05) is 0 Å². The Balaban J connectivity index is 2.81. The first-order chi connectivity index (χ1) is 9.49. The van der Waals surface area contributed by atoms with Gasteiger partial charge in [0.05, 0.1) is 0 Å². The SMILES string of the molecule is CCC[CH2][Ga]([CH2]CCC)[CH2]c1ccccc1C(F)(F)F. The normalized spacial score (nSPS) is 11.7. The van der Waals surface area contributed by atoms with Crippen molar-refractivity contribution in [3.05, 3.63) is 35.4 Å². The van der Waals surface area contributed by atoms with Crippen LogP contribution in [-0.4, -0.2) is 16.2 Å². The molecule has 4 heteroatoms. The molecule has 0 fully saturated rings. The Hall–Kier alpha value is -0.354. The number of rotatable bonds is 8. The van der Waals surface area contributed by atoms with E-state index in [0.29, 0.717) is 5.56 Å². The quantitative estimate of drug-likeness (QED) is 0.517. The Morgan fingerprint density at radius 1 is 0.950 bits per heavy atom. The second kappa shape index (κ2) is 8.83. The molecule has 0 unspecified atom stereocenters. The molecule has 1 aromatic carbocycles. The standard InChI is InChI=1S/C8H6F3.2C4H9.Ga/c1-6-4-2-3-5-7(6)8(9,10)11;2*1-3-4-2;/h2-5H,1H2;2*1,3-4H2,2H3;. The van der Waals surface area contributed by atoms with Crippen molar-refractivity contribution < 1.29 is 13.2 Å².